The van der Waals surface area contributed by atoms with E-state index in [2.05, 4.69) is 23.6 Å². The summed E-state index contributed by atoms with van der Waals surface area (Å²) >= 11 is 0. The van der Waals surface area contributed by atoms with Crippen molar-refractivity contribution >= 4 is 5.82 Å². The number of halogens is 2. The average molecular weight is 437 g/mol. The molecule has 31 heavy (non-hydrogen) atoms. The first-order valence-corrected chi connectivity index (χ1v) is 10.7. The second-order valence-corrected chi connectivity index (χ2v) is 9.55. The van der Waals surface area contributed by atoms with Crippen LogP contribution in [0.5, 0.6) is 5.75 Å². The summed E-state index contributed by atoms with van der Waals surface area (Å²) in [5.74, 6) is 1.25. The van der Waals surface area contributed by atoms with Crippen molar-refractivity contribution in [2.45, 2.75) is 70.8 Å². The first-order valence-electron chi connectivity index (χ1n) is 10.7. The van der Waals surface area contributed by atoms with E-state index in [4.69, 9.17) is 15.6 Å². The van der Waals surface area contributed by atoms with Crippen LogP contribution >= 0.6 is 0 Å². The minimum atomic E-state index is -2.97. The smallest absolute Gasteiger partial charge is 0.387 e. The number of aliphatic hydroxyl groups is 1. The molecule has 0 spiro atoms. The molecule has 9 heteroatoms. The van der Waals surface area contributed by atoms with Crippen LogP contribution in [0.15, 0.2) is 18.3 Å². The highest BCUT2D eigenvalue weighted by molar-refractivity contribution is 5.64. The molecule has 7 nitrogen and oxygen atoms in total. The molecule has 0 saturated heterocycles. The van der Waals surface area contributed by atoms with Crippen LogP contribution in [-0.2, 0) is 4.74 Å². The Morgan fingerprint density at radius 3 is 2.52 bits per heavy atom. The Bertz CT molecular complexity index is 929. The Hall–Kier alpha value is -2.26. The highest BCUT2D eigenvalue weighted by atomic mass is 19.3. The maximum absolute atomic E-state index is 12.7. The molecule has 3 N–H and O–H groups in total. The highest BCUT2D eigenvalue weighted by Crippen LogP contribution is 2.64. The minimum absolute atomic E-state index is 0.0820. The number of hydrogen-bond acceptors (Lipinski definition) is 6. The van der Waals surface area contributed by atoms with Crippen LogP contribution in [0, 0.1) is 11.8 Å². The fourth-order valence-corrected chi connectivity index (χ4v) is 4.69. The standard InChI is InChI=1S/C22H30F2N4O3/c1-11(2)28-17(19-14-6-13(7-15(14)19)30-10-22(3,4)29)8-16(27-28)12-5-18(31-21(23)24)20(25)26-9-12/h5,8-9,11,13-15,19,21,29H,6-7,10H2,1-4H3,(H2,25,26)/t13?,14-,15+,19?. The van der Waals surface area contributed by atoms with Crippen molar-refractivity contribution in [3.05, 3.63) is 24.0 Å². The van der Waals surface area contributed by atoms with Gasteiger partial charge in [0, 0.05) is 29.4 Å². The summed E-state index contributed by atoms with van der Waals surface area (Å²) < 4.78 is 37.7. The third-order valence-electron chi connectivity index (χ3n) is 6.06. The maximum atomic E-state index is 12.7. The Labute approximate surface area is 180 Å². The number of fused-ring (bicyclic) bond motifs is 1. The molecule has 4 rings (SSSR count). The summed E-state index contributed by atoms with van der Waals surface area (Å²) in [5.41, 5.74) is 7.23. The van der Waals surface area contributed by atoms with Crippen LogP contribution < -0.4 is 10.5 Å². The molecule has 4 atom stereocenters. The first kappa shape index (κ1) is 22.0. The number of ether oxygens (including phenoxy) is 2. The predicted molar refractivity (Wildman–Crippen MR) is 112 cm³/mol. The molecule has 0 aromatic carbocycles. The Balaban J connectivity index is 1.52. The Kier molecular flexibility index (Phi) is 5.68. The van der Waals surface area contributed by atoms with Crippen LogP contribution in [0.2, 0.25) is 0 Å². The Morgan fingerprint density at radius 2 is 1.94 bits per heavy atom. The van der Waals surface area contributed by atoms with Crippen molar-refractivity contribution in [1.29, 1.82) is 0 Å². The molecule has 0 bridgehead atoms. The molecule has 2 unspecified atom stereocenters. The molecule has 170 valence electrons. The number of alkyl halides is 2. The molecule has 2 heterocycles. The van der Waals surface area contributed by atoms with E-state index in [-0.39, 0.29) is 23.7 Å². The van der Waals surface area contributed by atoms with Crippen LogP contribution in [0.25, 0.3) is 11.3 Å². The van der Waals surface area contributed by atoms with Crippen LogP contribution in [-0.4, -0.2) is 44.8 Å². The summed E-state index contributed by atoms with van der Waals surface area (Å²) in [7, 11) is 0. The molecule has 2 aromatic rings. The molecular formula is C22H30F2N4O3. The SMILES string of the molecule is CC(C)n1nc(-c2cnc(N)c(OC(F)F)c2)cc1C1[C@H]2CC(OCC(C)(C)O)C[C@@H]12. The lowest BCUT2D eigenvalue weighted by atomic mass is 10.0. The van der Waals surface area contributed by atoms with Gasteiger partial charge in [-0.05, 0) is 64.5 Å². The number of nitrogens with zero attached hydrogens (tertiary/aromatic N) is 3. The van der Waals surface area contributed by atoms with Crippen LogP contribution in [0.4, 0.5) is 14.6 Å². The lowest BCUT2D eigenvalue weighted by Crippen LogP contribution is -2.29. The van der Waals surface area contributed by atoms with Crippen LogP contribution in [0.3, 0.4) is 0 Å². The number of nitrogen functional groups attached to an aromatic ring is 1. The summed E-state index contributed by atoms with van der Waals surface area (Å²) in [4.78, 5) is 3.99. The number of nitrogens with two attached hydrogens (primary N) is 1. The minimum Gasteiger partial charge on any atom is -0.431 e. The second kappa shape index (κ2) is 8.02. The van der Waals surface area contributed by atoms with Crippen molar-refractivity contribution < 1.29 is 23.4 Å². The molecule has 0 amide bonds. The zero-order chi connectivity index (χ0) is 22.5. The van der Waals surface area contributed by atoms with Gasteiger partial charge in [-0.2, -0.15) is 13.9 Å². The summed E-state index contributed by atoms with van der Waals surface area (Å²) in [6, 6.07) is 3.64. The highest BCUT2D eigenvalue weighted by Gasteiger charge is 2.58. The predicted octanol–water partition coefficient (Wildman–Crippen LogP) is 3.99. The van der Waals surface area contributed by atoms with Crippen molar-refractivity contribution in [2.24, 2.45) is 11.8 Å². The number of anilines is 1. The third kappa shape index (κ3) is 4.67. The van der Waals surface area contributed by atoms with E-state index in [0.717, 1.165) is 18.5 Å². The average Bonchev–Trinajstić information content (AvgIpc) is 3.04. The fraction of sp³-hybridized carbons (Fsp3) is 0.636. The summed E-state index contributed by atoms with van der Waals surface area (Å²) in [5, 5.41) is 14.6. The van der Waals surface area contributed by atoms with E-state index in [1.165, 1.54) is 12.3 Å². The van der Waals surface area contributed by atoms with Crippen molar-refractivity contribution in [3.8, 4) is 17.0 Å². The molecule has 2 aliphatic carbocycles. The van der Waals surface area contributed by atoms with Gasteiger partial charge in [-0.1, -0.05) is 0 Å². The van der Waals surface area contributed by atoms with Gasteiger partial charge in [-0.15, -0.1) is 0 Å². The van der Waals surface area contributed by atoms with Gasteiger partial charge in [0.15, 0.2) is 11.6 Å². The third-order valence-corrected chi connectivity index (χ3v) is 6.06. The maximum Gasteiger partial charge on any atom is 0.387 e. The summed E-state index contributed by atoms with van der Waals surface area (Å²) in [6.45, 7) is 5.00. The normalized spacial score (nSPS) is 25.3. The number of pyridine rings is 1. The van der Waals surface area contributed by atoms with E-state index in [9.17, 15) is 13.9 Å². The molecule has 2 fully saturated rings. The summed E-state index contributed by atoms with van der Waals surface area (Å²) in [6.07, 6.45) is 3.65. The quantitative estimate of drug-likeness (QED) is 0.650. The topological polar surface area (TPSA) is 95.4 Å². The Morgan fingerprint density at radius 1 is 1.26 bits per heavy atom. The monoisotopic (exact) mass is 436 g/mol. The van der Waals surface area contributed by atoms with E-state index >= 15 is 0 Å². The van der Waals surface area contributed by atoms with Gasteiger partial charge in [-0.25, -0.2) is 4.98 Å². The number of rotatable bonds is 8. The molecule has 2 aromatic heterocycles. The number of hydrogen-bond donors (Lipinski definition) is 2. The van der Waals surface area contributed by atoms with Crippen LogP contribution in [0.1, 0.15) is 58.2 Å². The van der Waals surface area contributed by atoms with Gasteiger partial charge in [-0.3, -0.25) is 4.68 Å². The lowest BCUT2D eigenvalue weighted by molar-refractivity contribution is -0.0543. The van der Waals surface area contributed by atoms with E-state index < -0.39 is 12.2 Å². The van der Waals surface area contributed by atoms with Gasteiger partial charge in [0.05, 0.1) is 24.0 Å². The molecule has 2 saturated carbocycles. The zero-order valence-electron chi connectivity index (χ0n) is 18.3. The fourth-order valence-electron chi connectivity index (χ4n) is 4.69. The van der Waals surface area contributed by atoms with E-state index in [0.29, 0.717) is 35.6 Å². The zero-order valence-corrected chi connectivity index (χ0v) is 18.3. The van der Waals surface area contributed by atoms with Gasteiger partial charge < -0.3 is 20.3 Å². The van der Waals surface area contributed by atoms with E-state index in [1.807, 2.05) is 10.7 Å². The van der Waals surface area contributed by atoms with Gasteiger partial charge >= 0.3 is 6.61 Å². The van der Waals surface area contributed by atoms with Crippen molar-refractivity contribution in [1.82, 2.24) is 14.8 Å². The lowest BCUT2D eigenvalue weighted by Gasteiger charge is -2.22. The van der Waals surface area contributed by atoms with Crippen molar-refractivity contribution in [2.75, 3.05) is 12.3 Å². The number of aromatic nitrogens is 3. The van der Waals surface area contributed by atoms with Gasteiger partial charge in [0.1, 0.15) is 0 Å². The van der Waals surface area contributed by atoms with E-state index in [1.54, 1.807) is 13.8 Å². The second-order valence-electron chi connectivity index (χ2n) is 9.55. The molecule has 0 radical (unpaired) electrons. The van der Waals surface area contributed by atoms with Gasteiger partial charge in [0.2, 0.25) is 0 Å². The van der Waals surface area contributed by atoms with Gasteiger partial charge in [0.25, 0.3) is 0 Å². The first-order chi connectivity index (χ1) is 14.5. The molecular weight excluding hydrogens is 406 g/mol. The largest absolute Gasteiger partial charge is 0.431 e. The van der Waals surface area contributed by atoms with Crippen molar-refractivity contribution in [3.63, 3.8) is 0 Å². The molecule has 2 aliphatic rings. The molecule has 0 aliphatic heterocycles.